The van der Waals surface area contributed by atoms with Gasteiger partial charge >= 0.3 is 5.97 Å². The van der Waals surface area contributed by atoms with Gasteiger partial charge in [-0.15, -0.1) is 0 Å². The van der Waals surface area contributed by atoms with Crippen molar-refractivity contribution in [1.29, 1.82) is 0 Å². The fourth-order valence-electron chi connectivity index (χ4n) is 2.39. The maximum absolute atomic E-state index is 12.1. The number of hydrogen-bond acceptors (Lipinski definition) is 5. The van der Waals surface area contributed by atoms with Crippen LogP contribution in [0.5, 0.6) is 11.5 Å². The smallest absolute Gasteiger partial charge is 0.337 e. The standard InChI is InChI=1S/C19H16ClNO5/c1-24-19(23)13-3-5-14(6-4-13)21-17(22)7-2-12-10-15(20)18-16(11-12)25-8-9-26-18/h2-7,10-11H,8-9H2,1H3,(H,21,22)/b7-2+. The van der Waals surface area contributed by atoms with Gasteiger partial charge in [0.1, 0.15) is 13.2 Å². The average molecular weight is 374 g/mol. The van der Waals surface area contributed by atoms with Crippen LogP contribution >= 0.6 is 11.6 Å². The number of carbonyl (C=O) groups excluding carboxylic acids is 2. The van der Waals surface area contributed by atoms with E-state index >= 15 is 0 Å². The molecule has 2 aromatic rings. The Balaban J connectivity index is 1.66. The summed E-state index contributed by atoms with van der Waals surface area (Å²) in [5, 5.41) is 3.14. The van der Waals surface area contributed by atoms with E-state index in [0.29, 0.717) is 41.0 Å². The predicted octanol–water partition coefficient (Wildman–Crippen LogP) is 3.55. The normalized spacial score (nSPS) is 12.7. The van der Waals surface area contributed by atoms with Crippen molar-refractivity contribution in [2.24, 2.45) is 0 Å². The minimum Gasteiger partial charge on any atom is -0.486 e. The van der Waals surface area contributed by atoms with Crippen molar-refractivity contribution in [1.82, 2.24) is 0 Å². The lowest BCUT2D eigenvalue weighted by Crippen LogP contribution is -2.15. The molecule has 0 saturated carbocycles. The molecule has 0 spiro atoms. The number of fused-ring (bicyclic) bond motifs is 1. The summed E-state index contributed by atoms with van der Waals surface area (Å²) in [6.45, 7) is 0.914. The molecular formula is C19H16ClNO5. The zero-order chi connectivity index (χ0) is 18.5. The molecule has 7 heteroatoms. The summed E-state index contributed by atoms with van der Waals surface area (Å²) in [6, 6.07) is 9.86. The third-order valence-electron chi connectivity index (χ3n) is 3.62. The van der Waals surface area contributed by atoms with Gasteiger partial charge in [-0.3, -0.25) is 4.79 Å². The van der Waals surface area contributed by atoms with Crippen LogP contribution in [0, 0.1) is 0 Å². The number of rotatable bonds is 4. The number of carbonyl (C=O) groups is 2. The van der Waals surface area contributed by atoms with Crippen LogP contribution in [0.1, 0.15) is 15.9 Å². The summed E-state index contributed by atoms with van der Waals surface area (Å²) in [5.74, 6) is 0.326. The molecule has 1 amide bonds. The van der Waals surface area contributed by atoms with Gasteiger partial charge in [-0.1, -0.05) is 11.6 Å². The highest BCUT2D eigenvalue weighted by Gasteiger charge is 2.16. The lowest BCUT2D eigenvalue weighted by Gasteiger charge is -2.19. The number of benzene rings is 2. The first kappa shape index (κ1) is 17.8. The molecule has 6 nitrogen and oxygen atoms in total. The molecule has 0 aromatic heterocycles. The Morgan fingerprint density at radius 2 is 1.88 bits per heavy atom. The summed E-state index contributed by atoms with van der Waals surface area (Å²) < 4.78 is 15.6. The van der Waals surface area contributed by atoms with Gasteiger partial charge in [-0.25, -0.2) is 4.79 Å². The molecular weight excluding hydrogens is 358 g/mol. The molecule has 2 aromatic carbocycles. The van der Waals surface area contributed by atoms with Gasteiger partial charge in [0.25, 0.3) is 0 Å². The van der Waals surface area contributed by atoms with Gasteiger partial charge in [-0.2, -0.15) is 0 Å². The highest BCUT2D eigenvalue weighted by Crippen LogP contribution is 2.38. The minimum atomic E-state index is -0.432. The molecule has 3 rings (SSSR count). The first-order valence-electron chi connectivity index (χ1n) is 7.83. The Bertz CT molecular complexity index is 861. The third-order valence-corrected chi connectivity index (χ3v) is 3.90. The van der Waals surface area contributed by atoms with Crippen LogP contribution in [0.3, 0.4) is 0 Å². The maximum Gasteiger partial charge on any atom is 0.337 e. The molecule has 0 fully saturated rings. The van der Waals surface area contributed by atoms with E-state index in [0.717, 1.165) is 5.56 Å². The van der Waals surface area contributed by atoms with E-state index in [1.54, 1.807) is 42.5 Å². The molecule has 1 N–H and O–H groups in total. The Hall–Kier alpha value is -2.99. The molecule has 26 heavy (non-hydrogen) atoms. The fourth-order valence-corrected chi connectivity index (χ4v) is 2.66. The highest BCUT2D eigenvalue weighted by molar-refractivity contribution is 6.32. The van der Waals surface area contributed by atoms with Crippen molar-refractivity contribution in [2.75, 3.05) is 25.6 Å². The van der Waals surface area contributed by atoms with E-state index in [9.17, 15) is 9.59 Å². The first-order chi connectivity index (χ1) is 12.6. The van der Waals surface area contributed by atoms with Gasteiger partial charge in [0, 0.05) is 11.8 Å². The monoisotopic (exact) mass is 373 g/mol. The summed E-state index contributed by atoms with van der Waals surface area (Å²) in [4.78, 5) is 23.4. The average Bonchev–Trinajstić information content (AvgIpc) is 2.66. The zero-order valence-corrected chi connectivity index (χ0v) is 14.7. The fraction of sp³-hybridized carbons (Fsp3) is 0.158. The summed E-state index contributed by atoms with van der Waals surface area (Å²) in [5.41, 5.74) is 1.69. The number of nitrogens with one attached hydrogen (secondary N) is 1. The van der Waals surface area contributed by atoms with Crippen LogP contribution in [0.25, 0.3) is 6.08 Å². The Labute approximate surface area is 155 Å². The number of halogens is 1. The van der Waals surface area contributed by atoms with Gasteiger partial charge in [0.15, 0.2) is 11.5 Å². The zero-order valence-electron chi connectivity index (χ0n) is 14.0. The first-order valence-corrected chi connectivity index (χ1v) is 8.21. The van der Waals surface area contributed by atoms with Gasteiger partial charge in [0.2, 0.25) is 5.91 Å². The Morgan fingerprint density at radius 1 is 1.15 bits per heavy atom. The van der Waals surface area contributed by atoms with Crippen molar-refractivity contribution in [3.8, 4) is 11.5 Å². The van der Waals surface area contributed by atoms with E-state index in [4.69, 9.17) is 21.1 Å². The quantitative estimate of drug-likeness (QED) is 0.655. The van der Waals surface area contributed by atoms with Crippen LogP contribution in [0.15, 0.2) is 42.5 Å². The second-order valence-electron chi connectivity index (χ2n) is 5.42. The molecule has 1 heterocycles. The van der Waals surface area contributed by atoms with Crippen molar-refractivity contribution in [3.05, 3.63) is 58.6 Å². The minimum absolute atomic E-state index is 0.318. The second-order valence-corrected chi connectivity index (χ2v) is 5.83. The second kappa shape index (κ2) is 7.93. The SMILES string of the molecule is COC(=O)c1ccc(NC(=O)/C=C/c2cc(Cl)c3c(c2)OCCO3)cc1. The van der Waals surface area contributed by atoms with Crippen LogP contribution in [-0.4, -0.2) is 32.2 Å². The van der Waals surface area contributed by atoms with Crippen LogP contribution < -0.4 is 14.8 Å². The van der Waals surface area contributed by atoms with Crippen molar-refractivity contribution >= 4 is 35.2 Å². The number of esters is 1. The topological polar surface area (TPSA) is 73.9 Å². The van der Waals surface area contributed by atoms with E-state index in [1.165, 1.54) is 13.2 Å². The van der Waals surface area contributed by atoms with E-state index in [-0.39, 0.29) is 5.91 Å². The van der Waals surface area contributed by atoms with Crippen molar-refractivity contribution in [2.45, 2.75) is 0 Å². The number of anilines is 1. The summed E-state index contributed by atoms with van der Waals surface area (Å²) in [7, 11) is 1.31. The molecule has 0 saturated heterocycles. The van der Waals surface area contributed by atoms with Crippen LogP contribution in [-0.2, 0) is 9.53 Å². The molecule has 0 unspecified atom stereocenters. The van der Waals surface area contributed by atoms with Crippen molar-refractivity contribution < 1.29 is 23.8 Å². The molecule has 1 aliphatic rings. The third kappa shape index (κ3) is 4.15. The Kier molecular flexibility index (Phi) is 5.43. The van der Waals surface area contributed by atoms with E-state index in [2.05, 4.69) is 10.1 Å². The van der Waals surface area contributed by atoms with E-state index in [1.807, 2.05) is 0 Å². The molecule has 0 bridgehead atoms. The van der Waals surface area contributed by atoms with Crippen molar-refractivity contribution in [3.63, 3.8) is 0 Å². The predicted molar refractivity (Wildman–Crippen MR) is 97.9 cm³/mol. The number of hydrogen-bond donors (Lipinski definition) is 1. The molecule has 0 aliphatic carbocycles. The van der Waals surface area contributed by atoms with Gasteiger partial charge < -0.3 is 19.5 Å². The van der Waals surface area contributed by atoms with E-state index < -0.39 is 5.97 Å². The van der Waals surface area contributed by atoms with Crippen LogP contribution in [0.4, 0.5) is 5.69 Å². The lowest BCUT2D eigenvalue weighted by atomic mass is 10.1. The molecule has 134 valence electrons. The largest absolute Gasteiger partial charge is 0.486 e. The molecule has 0 atom stereocenters. The van der Waals surface area contributed by atoms with Gasteiger partial charge in [-0.05, 0) is 48.0 Å². The number of ether oxygens (including phenoxy) is 3. The molecule has 0 radical (unpaired) electrons. The Morgan fingerprint density at radius 3 is 2.62 bits per heavy atom. The number of methoxy groups -OCH3 is 1. The number of amides is 1. The lowest BCUT2D eigenvalue weighted by molar-refractivity contribution is -0.111. The van der Waals surface area contributed by atoms with Gasteiger partial charge in [0.05, 0.1) is 17.7 Å². The maximum atomic E-state index is 12.1. The highest BCUT2D eigenvalue weighted by atomic mass is 35.5. The summed E-state index contributed by atoms with van der Waals surface area (Å²) in [6.07, 6.45) is 3.01. The van der Waals surface area contributed by atoms with Crippen LogP contribution in [0.2, 0.25) is 5.02 Å². The molecule has 1 aliphatic heterocycles. The summed E-state index contributed by atoms with van der Waals surface area (Å²) >= 11 is 6.17.